The van der Waals surface area contributed by atoms with Crippen LogP contribution in [0.2, 0.25) is 0 Å². The Morgan fingerprint density at radius 1 is 0.833 bits per heavy atom. The summed E-state index contributed by atoms with van der Waals surface area (Å²) in [6.07, 6.45) is 0. The molecule has 0 bridgehead atoms. The molecule has 0 fully saturated rings. The van der Waals surface area contributed by atoms with Gasteiger partial charge in [-0.15, -0.1) is 0 Å². The van der Waals surface area contributed by atoms with Crippen LogP contribution in [0.15, 0.2) is 46.9 Å². The molecule has 2 heteroatoms. The molecule has 0 aliphatic rings. The molecule has 0 heterocycles. The van der Waals surface area contributed by atoms with Gasteiger partial charge < -0.3 is 0 Å². The number of rotatable bonds is 0. The largest absolute Gasteiger partial charge is 0.0616 e. The molecule has 0 radical (unpaired) electrons. The van der Waals surface area contributed by atoms with Gasteiger partial charge in [0.15, 0.2) is 0 Å². The normalized spacial score (nSPS) is 9.42. The predicted molar refractivity (Wildman–Crippen MR) is 51.6 cm³/mol. The van der Waals surface area contributed by atoms with E-state index in [2.05, 4.69) is 46.3 Å². The molecule has 0 atom stereocenters. The van der Waals surface area contributed by atoms with Gasteiger partial charge in [-0.1, -0.05) is 52.3 Å². The van der Waals surface area contributed by atoms with Crippen LogP contribution in [0.3, 0.4) is 0 Å². The summed E-state index contributed by atoms with van der Waals surface area (Å²) in [7, 11) is 0. The van der Waals surface area contributed by atoms with Crippen LogP contribution < -0.4 is 0 Å². The zero-order valence-corrected chi connectivity index (χ0v) is 12.2. The van der Waals surface area contributed by atoms with Crippen LogP contribution in [-0.2, 0) is 27.3 Å². The summed E-state index contributed by atoms with van der Waals surface area (Å²) < 4.78 is 1.16. The molecule has 12 heavy (non-hydrogen) atoms. The minimum atomic E-state index is 0. The van der Waals surface area contributed by atoms with Gasteiger partial charge in [-0.2, -0.15) is 0 Å². The van der Waals surface area contributed by atoms with Crippen molar-refractivity contribution in [2.45, 2.75) is 0 Å². The van der Waals surface area contributed by atoms with E-state index in [9.17, 15) is 0 Å². The third-order valence-electron chi connectivity index (χ3n) is 1.74. The number of hydrogen-bond acceptors (Lipinski definition) is 0. The molecule has 0 aromatic heterocycles. The standard InChI is InChI=1S/C10H7Br.Cd/c11-10-7-3-5-8-4-1-2-6-9(8)10;/h1-7H;. The van der Waals surface area contributed by atoms with Crippen molar-refractivity contribution in [2.75, 3.05) is 0 Å². The fourth-order valence-electron chi connectivity index (χ4n) is 1.19. The van der Waals surface area contributed by atoms with E-state index in [1.807, 2.05) is 12.1 Å². The van der Waals surface area contributed by atoms with Gasteiger partial charge in [0.1, 0.15) is 0 Å². The van der Waals surface area contributed by atoms with Crippen LogP contribution in [-0.4, -0.2) is 0 Å². The van der Waals surface area contributed by atoms with E-state index in [0.717, 1.165) is 4.47 Å². The Morgan fingerprint density at radius 2 is 1.50 bits per heavy atom. The molecule has 0 N–H and O–H groups in total. The van der Waals surface area contributed by atoms with Crippen LogP contribution in [0.4, 0.5) is 0 Å². The molecule has 0 spiro atoms. The molecule has 56 valence electrons. The van der Waals surface area contributed by atoms with Crippen LogP contribution in [0.1, 0.15) is 0 Å². The van der Waals surface area contributed by atoms with E-state index in [4.69, 9.17) is 0 Å². The topological polar surface area (TPSA) is 0 Å². The van der Waals surface area contributed by atoms with E-state index >= 15 is 0 Å². The van der Waals surface area contributed by atoms with Gasteiger partial charge in [0, 0.05) is 31.8 Å². The number of fused-ring (bicyclic) bond motifs is 1. The molecular weight excluding hydrogens is 312 g/mol. The van der Waals surface area contributed by atoms with Crippen LogP contribution >= 0.6 is 15.9 Å². The number of benzene rings is 2. The molecule has 0 amide bonds. The summed E-state index contributed by atoms with van der Waals surface area (Å²) in [5.41, 5.74) is 0. The first-order valence-electron chi connectivity index (χ1n) is 3.51. The van der Waals surface area contributed by atoms with Crippen LogP contribution in [0.5, 0.6) is 0 Å². The zero-order chi connectivity index (χ0) is 7.68. The summed E-state index contributed by atoms with van der Waals surface area (Å²) in [6, 6.07) is 14.5. The van der Waals surface area contributed by atoms with E-state index in [0.29, 0.717) is 0 Å². The summed E-state index contributed by atoms with van der Waals surface area (Å²) in [5.74, 6) is 0. The Balaban J connectivity index is 0.000000720. The van der Waals surface area contributed by atoms with Gasteiger partial charge in [-0.3, -0.25) is 0 Å². The van der Waals surface area contributed by atoms with Gasteiger partial charge in [0.2, 0.25) is 0 Å². The van der Waals surface area contributed by atoms with E-state index < -0.39 is 0 Å². The Kier molecular flexibility index (Phi) is 3.71. The molecule has 2 rings (SSSR count). The summed E-state index contributed by atoms with van der Waals surface area (Å²) in [4.78, 5) is 0. The maximum atomic E-state index is 3.50. The number of hydrogen-bond donors (Lipinski definition) is 0. The Hall–Kier alpha value is 0.102. The molecular formula is C10H7BrCd. The molecule has 0 saturated carbocycles. The minimum absolute atomic E-state index is 0. The molecule has 2 aromatic rings. The van der Waals surface area contributed by atoms with Gasteiger partial charge >= 0.3 is 0 Å². The van der Waals surface area contributed by atoms with Crippen molar-refractivity contribution in [3.05, 3.63) is 46.9 Å². The number of halogens is 1. The molecule has 0 saturated heterocycles. The predicted octanol–water partition coefficient (Wildman–Crippen LogP) is 3.60. The van der Waals surface area contributed by atoms with Crippen molar-refractivity contribution in [3.63, 3.8) is 0 Å². The van der Waals surface area contributed by atoms with Crippen molar-refractivity contribution in [1.82, 2.24) is 0 Å². The van der Waals surface area contributed by atoms with Gasteiger partial charge in [-0.05, 0) is 16.8 Å². The fourth-order valence-corrected chi connectivity index (χ4v) is 1.70. The Labute approximate surface area is 100 Å². The van der Waals surface area contributed by atoms with Crippen LogP contribution in [0, 0.1) is 0 Å². The maximum Gasteiger partial charge on any atom is 0.0253 e. The van der Waals surface area contributed by atoms with E-state index in [1.165, 1.54) is 10.8 Å². The monoisotopic (exact) mass is 320 g/mol. The van der Waals surface area contributed by atoms with E-state index in [-0.39, 0.29) is 27.3 Å². The van der Waals surface area contributed by atoms with Gasteiger partial charge in [0.25, 0.3) is 0 Å². The molecule has 0 aliphatic heterocycles. The summed E-state index contributed by atoms with van der Waals surface area (Å²) in [6.45, 7) is 0. The average molecular weight is 319 g/mol. The SMILES string of the molecule is Brc1cccc2ccccc12.[Cd]. The van der Waals surface area contributed by atoms with Crippen molar-refractivity contribution in [2.24, 2.45) is 0 Å². The molecule has 0 aliphatic carbocycles. The minimum Gasteiger partial charge on any atom is -0.0616 e. The third kappa shape index (κ3) is 1.88. The second-order valence-electron chi connectivity index (χ2n) is 2.46. The zero-order valence-electron chi connectivity index (χ0n) is 6.63. The van der Waals surface area contributed by atoms with Gasteiger partial charge in [-0.25, -0.2) is 0 Å². The smallest absolute Gasteiger partial charge is 0.0253 e. The second-order valence-corrected chi connectivity index (χ2v) is 3.32. The van der Waals surface area contributed by atoms with Gasteiger partial charge in [0.05, 0.1) is 0 Å². The second kappa shape index (κ2) is 4.37. The quantitative estimate of drug-likeness (QED) is 0.651. The first-order valence-corrected chi connectivity index (χ1v) is 4.30. The Bertz CT molecular complexity index is 379. The first-order chi connectivity index (χ1) is 5.38. The molecule has 2 aromatic carbocycles. The first kappa shape index (κ1) is 10.2. The third-order valence-corrected chi connectivity index (χ3v) is 2.43. The summed E-state index contributed by atoms with van der Waals surface area (Å²) in [5, 5.41) is 2.55. The molecule has 0 nitrogen and oxygen atoms in total. The maximum absolute atomic E-state index is 3.50. The van der Waals surface area contributed by atoms with E-state index in [1.54, 1.807) is 0 Å². The van der Waals surface area contributed by atoms with Crippen molar-refractivity contribution in [1.29, 1.82) is 0 Å². The fraction of sp³-hybridized carbons (Fsp3) is 0. The van der Waals surface area contributed by atoms with Crippen molar-refractivity contribution in [3.8, 4) is 0 Å². The van der Waals surface area contributed by atoms with Crippen molar-refractivity contribution < 1.29 is 27.3 Å². The Morgan fingerprint density at radius 3 is 2.25 bits per heavy atom. The van der Waals surface area contributed by atoms with Crippen LogP contribution in [0.25, 0.3) is 10.8 Å². The summed E-state index contributed by atoms with van der Waals surface area (Å²) >= 11 is 3.50. The molecule has 0 unspecified atom stereocenters. The average Bonchev–Trinajstić information content (AvgIpc) is 2.06. The van der Waals surface area contributed by atoms with Crippen molar-refractivity contribution >= 4 is 26.7 Å².